The first-order chi connectivity index (χ1) is 18.4. The highest BCUT2D eigenvalue weighted by molar-refractivity contribution is 7.15. The summed E-state index contributed by atoms with van der Waals surface area (Å²) in [6.45, 7) is 7.56. The Morgan fingerprint density at radius 1 is 0.684 bits per heavy atom. The number of fused-ring (bicyclic) bond motifs is 2. The van der Waals surface area contributed by atoms with Gasteiger partial charge in [-0.25, -0.2) is 0 Å². The molecule has 6 rings (SSSR count). The lowest BCUT2D eigenvalue weighted by atomic mass is 9.85. The Bertz CT molecular complexity index is 1500. The first-order valence-corrected chi connectivity index (χ1v) is 14.5. The quantitative estimate of drug-likeness (QED) is 0.287. The van der Waals surface area contributed by atoms with Crippen molar-refractivity contribution < 1.29 is 9.59 Å². The van der Waals surface area contributed by atoms with Crippen LogP contribution in [-0.4, -0.2) is 24.9 Å². The molecule has 38 heavy (non-hydrogen) atoms. The molecule has 6 N–H and O–H groups in total. The lowest BCUT2D eigenvalue weighted by molar-refractivity contribution is 0.0996. The van der Waals surface area contributed by atoms with Crippen molar-refractivity contribution in [2.24, 2.45) is 11.5 Å². The van der Waals surface area contributed by atoms with E-state index in [9.17, 15) is 9.59 Å². The van der Waals surface area contributed by atoms with Crippen LogP contribution in [0.25, 0.3) is 33.4 Å². The Morgan fingerprint density at radius 3 is 1.47 bits per heavy atom. The molecule has 0 saturated carbocycles. The highest BCUT2D eigenvalue weighted by atomic mass is 32.1. The number of carbonyl (C=O) groups is 2. The van der Waals surface area contributed by atoms with Crippen molar-refractivity contribution >= 4 is 34.5 Å². The molecule has 8 heteroatoms. The second-order valence-electron chi connectivity index (χ2n) is 9.95. The normalized spacial score (nSPS) is 14.7. The van der Waals surface area contributed by atoms with Crippen molar-refractivity contribution in [1.82, 2.24) is 10.6 Å². The predicted octanol–water partition coefficient (Wildman–Crippen LogP) is 4.92. The van der Waals surface area contributed by atoms with Gasteiger partial charge in [-0.05, 0) is 84.3 Å². The second kappa shape index (κ2) is 9.78. The van der Waals surface area contributed by atoms with Crippen LogP contribution in [0, 0.1) is 13.8 Å². The van der Waals surface area contributed by atoms with Crippen molar-refractivity contribution in [3.05, 3.63) is 78.2 Å². The van der Waals surface area contributed by atoms with Gasteiger partial charge < -0.3 is 22.1 Å². The molecule has 0 saturated heterocycles. The summed E-state index contributed by atoms with van der Waals surface area (Å²) < 4.78 is 0. The van der Waals surface area contributed by atoms with Crippen molar-refractivity contribution in [3.8, 4) is 33.4 Å². The minimum absolute atomic E-state index is 0.377. The van der Waals surface area contributed by atoms with E-state index < -0.39 is 0 Å². The summed E-state index contributed by atoms with van der Waals surface area (Å²) in [5.74, 6) is -0.754. The van der Waals surface area contributed by atoms with Gasteiger partial charge in [0.2, 0.25) is 0 Å². The third kappa shape index (κ3) is 3.99. The van der Waals surface area contributed by atoms with E-state index in [1.54, 1.807) is 0 Å². The average Bonchev–Trinajstić information content (AvgIpc) is 3.49. The van der Waals surface area contributed by atoms with Crippen LogP contribution in [0.3, 0.4) is 0 Å². The summed E-state index contributed by atoms with van der Waals surface area (Å²) in [4.78, 5) is 28.6. The largest absolute Gasteiger partial charge is 0.365 e. The number of nitrogens with one attached hydrogen (secondary N) is 2. The maximum absolute atomic E-state index is 12.5. The Kier molecular flexibility index (Phi) is 6.44. The molecule has 2 aliphatic heterocycles. The molecule has 4 heterocycles. The molecule has 2 aromatic heterocycles. The summed E-state index contributed by atoms with van der Waals surface area (Å²) in [6, 6.07) is 12.6. The smallest absolute Gasteiger partial charge is 0.259 e. The summed E-state index contributed by atoms with van der Waals surface area (Å²) in [5, 5.41) is 6.81. The average molecular weight is 543 g/mol. The molecule has 0 spiro atoms. The van der Waals surface area contributed by atoms with Gasteiger partial charge in [-0.1, -0.05) is 36.4 Å². The number of carbonyl (C=O) groups excluding carboxylic acids is 2. The molecule has 2 aromatic carbocycles. The van der Waals surface area contributed by atoms with Gasteiger partial charge in [-0.3, -0.25) is 9.59 Å². The Hall–Kier alpha value is -3.30. The third-order valence-electron chi connectivity index (χ3n) is 7.80. The van der Waals surface area contributed by atoms with E-state index in [0.29, 0.717) is 9.75 Å². The second-order valence-corrected chi connectivity index (χ2v) is 12.2. The zero-order valence-electron chi connectivity index (χ0n) is 21.5. The van der Waals surface area contributed by atoms with Gasteiger partial charge in [0.05, 0.1) is 0 Å². The fraction of sp³-hybridized carbons (Fsp3) is 0.267. The van der Waals surface area contributed by atoms with E-state index in [1.165, 1.54) is 43.6 Å². The number of hydrogen-bond acceptors (Lipinski definition) is 6. The molecule has 194 valence electrons. The number of hydrogen-bond donors (Lipinski definition) is 4. The Balaban J connectivity index is 1.53. The molecule has 0 atom stereocenters. The Morgan fingerprint density at radius 2 is 1.08 bits per heavy atom. The highest BCUT2D eigenvalue weighted by Crippen LogP contribution is 2.45. The minimum atomic E-state index is -0.377. The van der Waals surface area contributed by atoms with Gasteiger partial charge in [0.25, 0.3) is 11.8 Å². The summed E-state index contributed by atoms with van der Waals surface area (Å²) >= 11 is 3.02. The molecule has 0 aliphatic carbocycles. The van der Waals surface area contributed by atoms with E-state index in [1.807, 2.05) is 0 Å². The molecule has 0 bridgehead atoms. The van der Waals surface area contributed by atoms with Crippen LogP contribution in [0.2, 0.25) is 0 Å². The van der Waals surface area contributed by atoms with Crippen LogP contribution in [-0.2, 0) is 25.9 Å². The van der Waals surface area contributed by atoms with Crippen LogP contribution >= 0.6 is 22.7 Å². The number of amides is 2. The van der Waals surface area contributed by atoms with Gasteiger partial charge in [0, 0.05) is 34.0 Å². The fourth-order valence-corrected chi connectivity index (χ4v) is 8.35. The zero-order chi connectivity index (χ0) is 26.6. The van der Waals surface area contributed by atoms with Crippen molar-refractivity contribution in [3.63, 3.8) is 0 Å². The monoisotopic (exact) mass is 542 g/mol. The molecule has 0 fully saturated rings. The first kappa shape index (κ1) is 25.0. The van der Waals surface area contributed by atoms with Gasteiger partial charge in [0.15, 0.2) is 0 Å². The maximum atomic E-state index is 12.5. The fourth-order valence-electron chi connectivity index (χ4n) is 5.98. The molecule has 0 unspecified atom stereocenters. The number of benzene rings is 2. The van der Waals surface area contributed by atoms with E-state index in [0.717, 1.165) is 83.5 Å². The lowest BCUT2D eigenvalue weighted by Crippen LogP contribution is -2.22. The third-order valence-corrected chi connectivity index (χ3v) is 10.3. The summed E-state index contributed by atoms with van der Waals surface area (Å²) in [7, 11) is 0. The van der Waals surface area contributed by atoms with Crippen molar-refractivity contribution in [1.29, 1.82) is 0 Å². The molecule has 2 aliphatic rings. The minimum Gasteiger partial charge on any atom is -0.365 e. The maximum Gasteiger partial charge on any atom is 0.259 e. The number of nitrogens with two attached hydrogens (primary N) is 2. The van der Waals surface area contributed by atoms with Crippen molar-refractivity contribution in [2.45, 2.75) is 39.8 Å². The van der Waals surface area contributed by atoms with E-state index in [2.05, 4.69) is 60.9 Å². The highest BCUT2D eigenvalue weighted by Gasteiger charge is 2.28. The summed E-state index contributed by atoms with van der Waals surface area (Å²) in [5.41, 5.74) is 22.7. The van der Waals surface area contributed by atoms with Crippen LogP contribution < -0.4 is 22.1 Å². The molecular weight excluding hydrogens is 512 g/mol. The van der Waals surface area contributed by atoms with Gasteiger partial charge >= 0.3 is 0 Å². The van der Waals surface area contributed by atoms with Gasteiger partial charge in [-0.15, -0.1) is 22.7 Å². The van der Waals surface area contributed by atoms with Gasteiger partial charge in [0.1, 0.15) is 9.75 Å². The number of primary amides is 2. The molecule has 2 amide bonds. The SMILES string of the molecule is Cc1c(-c2cccc(-c3c(C(N)=O)sc4c3CCNC4)c2C)cccc1-c1c(C(N)=O)sc2c1CCNC2. The van der Waals surface area contributed by atoms with Crippen LogP contribution in [0.4, 0.5) is 0 Å². The van der Waals surface area contributed by atoms with Crippen molar-refractivity contribution in [2.75, 3.05) is 13.1 Å². The van der Waals surface area contributed by atoms with Crippen LogP contribution in [0.1, 0.15) is 51.4 Å². The van der Waals surface area contributed by atoms with E-state index in [-0.39, 0.29) is 11.8 Å². The number of rotatable bonds is 5. The van der Waals surface area contributed by atoms with E-state index in [4.69, 9.17) is 11.5 Å². The molecule has 0 radical (unpaired) electrons. The molecule has 4 aromatic rings. The van der Waals surface area contributed by atoms with E-state index >= 15 is 0 Å². The zero-order valence-corrected chi connectivity index (χ0v) is 23.1. The van der Waals surface area contributed by atoms with Crippen LogP contribution in [0.15, 0.2) is 36.4 Å². The predicted molar refractivity (Wildman–Crippen MR) is 156 cm³/mol. The first-order valence-electron chi connectivity index (χ1n) is 12.9. The molecular formula is C30H30N4O2S2. The van der Waals surface area contributed by atoms with Gasteiger partial charge in [-0.2, -0.15) is 0 Å². The molecule has 6 nitrogen and oxygen atoms in total. The van der Waals surface area contributed by atoms with Crippen LogP contribution in [0.5, 0.6) is 0 Å². The standard InChI is InChI=1S/C30H30N4O2S2/c1-15-17(5-3-7-19(15)25-21-9-11-33-13-23(21)37-27(25)29(31)35)18-6-4-8-20(16(18)2)26-22-10-12-34-14-24(22)38-28(26)30(32)36/h3-8,33-34H,9-14H2,1-2H3,(H2,31,35)(H2,32,36). The topological polar surface area (TPSA) is 110 Å². The number of thiophene rings is 2. The lowest BCUT2D eigenvalue weighted by Gasteiger charge is -2.20. The summed E-state index contributed by atoms with van der Waals surface area (Å²) in [6.07, 6.45) is 1.75. The Labute approximate surface area is 230 Å².